The Balaban J connectivity index is 2.09. The largest absolute Gasteiger partial charge is 0.279 e. The van der Waals surface area contributed by atoms with Crippen LogP contribution in [0.4, 0.5) is 8.78 Å². The molecule has 118 valence electrons. The summed E-state index contributed by atoms with van der Waals surface area (Å²) in [7, 11) is -3.61. The standard InChI is InChI=1S/C14H20F2N2O2S/c1-11(12-6-7-13(15)14(16)10-12)17-21(19,20)18-8-4-2-3-5-9-18/h6-7,10-11,17H,2-5,8-9H2,1H3/t11-/m0/s1. The quantitative estimate of drug-likeness (QED) is 0.928. The van der Waals surface area contributed by atoms with E-state index in [4.69, 9.17) is 0 Å². The van der Waals surface area contributed by atoms with Gasteiger partial charge in [0, 0.05) is 19.1 Å². The van der Waals surface area contributed by atoms with Gasteiger partial charge in [-0.05, 0) is 37.5 Å². The minimum absolute atomic E-state index is 0.396. The first-order chi connectivity index (χ1) is 9.90. The van der Waals surface area contributed by atoms with E-state index in [1.807, 2.05) is 0 Å². The third-order valence-corrected chi connectivity index (χ3v) is 5.37. The summed E-state index contributed by atoms with van der Waals surface area (Å²) in [6.45, 7) is 2.61. The van der Waals surface area contributed by atoms with E-state index in [-0.39, 0.29) is 0 Å². The van der Waals surface area contributed by atoms with Crippen LogP contribution in [0.2, 0.25) is 0 Å². The van der Waals surface area contributed by atoms with E-state index in [1.165, 1.54) is 10.4 Å². The van der Waals surface area contributed by atoms with Crippen LogP contribution in [0.5, 0.6) is 0 Å². The van der Waals surface area contributed by atoms with Crippen molar-refractivity contribution in [1.29, 1.82) is 0 Å². The molecule has 0 aliphatic carbocycles. The number of benzene rings is 1. The lowest BCUT2D eigenvalue weighted by molar-refractivity contribution is 0.409. The zero-order chi connectivity index (χ0) is 15.5. The van der Waals surface area contributed by atoms with Gasteiger partial charge in [0.1, 0.15) is 0 Å². The van der Waals surface area contributed by atoms with Crippen LogP contribution in [0.15, 0.2) is 18.2 Å². The molecule has 7 heteroatoms. The first-order valence-electron chi connectivity index (χ1n) is 7.12. The predicted octanol–water partition coefficient (Wildman–Crippen LogP) is 2.74. The Morgan fingerprint density at radius 1 is 1.10 bits per heavy atom. The molecule has 1 fully saturated rings. The fraction of sp³-hybridized carbons (Fsp3) is 0.571. The highest BCUT2D eigenvalue weighted by molar-refractivity contribution is 7.87. The highest BCUT2D eigenvalue weighted by Crippen LogP contribution is 2.19. The smallest absolute Gasteiger partial charge is 0.204 e. The van der Waals surface area contributed by atoms with Gasteiger partial charge >= 0.3 is 0 Å². The van der Waals surface area contributed by atoms with E-state index >= 15 is 0 Å². The van der Waals surface area contributed by atoms with Crippen LogP contribution in [0, 0.1) is 11.6 Å². The molecular weight excluding hydrogens is 298 g/mol. The van der Waals surface area contributed by atoms with Crippen molar-refractivity contribution < 1.29 is 17.2 Å². The number of hydrogen-bond donors (Lipinski definition) is 1. The number of rotatable bonds is 4. The lowest BCUT2D eigenvalue weighted by Crippen LogP contribution is -2.42. The molecule has 1 saturated heterocycles. The lowest BCUT2D eigenvalue weighted by atomic mass is 10.1. The average Bonchev–Trinajstić information content (AvgIpc) is 2.70. The van der Waals surface area contributed by atoms with E-state index in [0.717, 1.165) is 37.8 Å². The minimum atomic E-state index is -3.61. The molecule has 0 aromatic heterocycles. The first-order valence-corrected chi connectivity index (χ1v) is 8.56. The van der Waals surface area contributed by atoms with Crippen molar-refractivity contribution in [2.75, 3.05) is 13.1 Å². The topological polar surface area (TPSA) is 49.4 Å². The number of hydrogen-bond acceptors (Lipinski definition) is 2. The Morgan fingerprint density at radius 2 is 1.71 bits per heavy atom. The first kappa shape index (κ1) is 16.3. The Bertz CT molecular complexity index is 585. The SMILES string of the molecule is C[C@H](NS(=O)(=O)N1CCCCCC1)c1ccc(F)c(F)c1. The van der Waals surface area contributed by atoms with Crippen LogP contribution < -0.4 is 4.72 Å². The molecule has 4 nitrogen and oxygen atoms in total. The number of nitrogens with one attached hydrogen (secondary N) is 1. The fourth-order valence-electron chi connectivity index (χ4n) is 2.43. The van der Waals surface area contributed by atoms with Crippen LogP contribution in [-0.4, -0.2) is 25.8 Å². The van der Waals surface area contributed by atoms with Gasteiger partial charge in [-0.1, -0.05) is 18.9 Å². The third kappa shape index (κ3) is 4.21. The number of nitrogens with zero attached hydrogens (tertiary/aromatic N) is 1. The molecule has 1 heterocycles. The summed E-state index contributed by atoms with van der Waals surface area (Å²) in [5.41, 5.74) is 0.396. The van der Waals surface area contributed by atoms with Crippen molar-refractivity contribution in [3.63, 3.8) is 0 Å². The van der Waals surface area contributed by atoms with Gasteiger partial charge in [-0.15, -0.1) is 0 Å². The van der Waals surface area contributed by atoms with Gasteiger partial charge in [0.25, 0.3) is 10.2 Å². The molecule has 1 N–H and O–H groups in total. The predicted molar refractivity (Wildman–Crippen MR) is 76.9 cm³/mol. The molecule has 1 aliphatic rings. The summed E-state index contributed by atoms with van der Waals surface area (Å²) in [5, 5.41) is 0. The van der Waals surface area contributed by atoms with Crippen molar-refractivity contribution in [2.45, 2.75) is 38.6 Å². The van der Waals surface area contributed by atoms with Gasteiger partial charge in [-0.25, -0.2) is 8.78 Å². The molecule has 0 unspecified atom stereocenters. The Labute approximate surface area is 124 Å². The summed E-state index contributed by atoms with van der Waals surface area (Å²) >= 11 is 0. The van der Waals surface area contributed by atoms with Crippen molar-refractivity contribution in [3.8, 4) is 0 Å². The molecule has 1 atom stereocenters. The molecule has 0 saturated carbocycles. The van der Waals surface area contributed by atoms with Gasteiger partial charge in [0.05, 0.1) is 0 Å². The average molecular weight is 318 g/mol. The molecule has 1 aromatic carbocycles. The monoisotopic (exact) mass is 318 g/mol. The molecular formula is C14H20F2N2O2S. The molecule has 0 radical (unpaired) electrons. The van der Waals surface area contributed by atoms with Gasteiger partial charge in [0.15, 0.2) is 11.6 Å². The second kappa shape index (κ2) is 6.81. The Kier molecular flexibility index (Phi) is 5.29. The van der Waals surface area contributed by atoms with E-state index in [9.17, 15) is 17.2 Å². The van der Waals surface area contributed by atoms with Gasteiger partial charge in [0.2, 0.25) is 0 Å². The van der Waals surface area contributed by atoms with Crippen molar-refractivity contribution in [1.82, 2.24) is 9.03 Å². The molecule has 1 aliphatic heterocycles. The van der Waals surface area contributed by atoms with Crippen molar-refractivity contribution >= 4 is 10.2 Å². The summed E-state index contributed by atoms with van der Waals surface area (Å²) in [6, 6.07) is 2.79. The van der Waals surface area contributed by atoms with E-state index in [2.05, 4.69) is 4.72 Å². The molecule has 1 aromatic rings. The highest BCUT2D eigenvalue weighted by atomic mass is 32.2. The zero-order valence-corrected chi connectivity index (χ0v) is 12.8. The third-order valence-electron chi connectivity index (χ3n) is 3.67. The van der Waals surface area contributed by atoms with Crippen LogP contribution in [0.3, 0.4) is 0 Å². The lowest BCUT2D eigenvalue weighted by Gasteiger charge is -2.23. The maximum atomic E-state index is 13.2. The summed E-state index contributed by atoms with van der Waals surface area (Å²) in [6.07, 6.45) is 3.76. The molecule has 0 bridgehead atoms. The summed E-state index contributed by atoms with van der Waals surface area (Å²) < 4.78 is 54.7. The molecule has 0 spiro atoms. The van der Waals surface area contributed by atoms with Crippen LogP contribution in [0.1, 0.15) is 44.2 Å². The second-order valence-electron chi connectivity index (χ2n) is 5.33. The maximum absolute atomic E-state index is 13.2. The normalized spacial score (nSPS) is 19.2. The van der Waals surface area contributed by atoms with Crippen molar-refractivity contribution in [2.24, 2.45) is 0 Å². The highest BCUT2D eigenvalue weighted by Gasteiger charge is 2.25. The van der Waals surface area contributed by atoms with Gasteiger partial charge in [-0.3, -0.25) is 0 Å². The maximum Gasteiger partial charge on any atom is 0.279 e. The Morgan fingerprint density at radius 3 is 2.29 bits per heavy atom. The summed E-state index contributed by atoms with van der Waals surface area (Å²) in [4.78, 5) is 0. The molecule has 0 amide bonds. The van der Waals surface area contributed by atoms with Crippen LogP contribution in [-0.2, 0) is 10.2 Å². The number of halogens is 2. The molecule has 21 heavy (non-hydrogen) atoms. The van der Waals surface area contributed by atoms with E-state index < -0.39 is 27.9 Å². The summed E-state index contributed by atoms with van der Waals surface area (Å²) in [5.74, 6) is -1.92. The fourth-order valence-corrected chi connectivity index (χ4v) is 3.90. The van der Waals surface area contributed by atoms with E-state index in [0.29, 0.717) is 18.7 Å². The van der Waals surface area contributed by atoms with Crippen LogP contribution in [0.25, 0.3) is 0 Å². The van der Waals surface area contributed by atoms with Gasteiger partial charge in [-0.2, -0.15) is 17.4 Å². The van der Waals surface area contributed by atoms with Crippen molar-refractivity contribution in [3.05, 3.63) is 35.4 Å². The second-order valence-corrected chi connectivity index (χ2v) is 7.03. The van der Waals surface area contributed by atoms with Crippen LogP contribution >= 0.6 is 0 Å². The minimum Gasteiger partial charge on any atom is -0.204 e. The van der Waals surface area contributed by atoms with Gasteiger partial charge < -0.3 is 0 Å². The zero-order valence-electron chi connectivity index (χ0n) is 12.0. The molecule has 2 rings (SSSR count). The Hall–Kier alpha value is -1.05. The van der Waals surface area contributed by atoms with E-state index in [1.54, 1.807) is 6.92 Å².